The van der Waals surface area contributed by atoms with Gasteiger partial charge in [-0.1, -0.05) is 38.0 Å². The Labute approximate surface area is 171 Å². The maximum Gasteiger partial charge on any atom is 0.325 e. The third kappa shape index (κ3) is 4.00. The van der Waals surface area contributed by atoms with E-state index in [0.29, 0.717) is 16.9 Å². The van der Waals surface area contributed by atoms with Gasteiger partial charge in [0.2, 0.25) is 5.91 Å². The van der Waals surface area contributed by atoms with Gasteiger partial charge >= 0.3 is 6.03 Å². The van der Waals surface area contributed by atoms with E-state index in [1.54, 1.807) is 0 Å². The topological polar surface area (TPSA) is 78.5 Å². The zero-order valence-corrected chi connectivity index (χ0v) is 16.2. The van der Waals surface area contributed by atoms with Crippen LogP contribution in [0.25, 0.3) is 0 Å². The van der Waals surface area contributed by atoms with Crippen molar-refractivity contribution >= 4 is 23.5 Å². The number of hydrogen-bond acceptors (Lipinski definition) is 3. The first kappa shape index (κ1) is 21.4. The number of halogens is 3. The Morgan fingerprint density at radius 2 is 1.70 bits per heavy atom. The molecule has 0 aromatic heterocycles. The highest BCUT2D eigenvalue weighted by Crippen LogP contribution is 2.34. The number of urea groups is 1. The molecule has 4 amide bonds. The molecule has 9 heteroatoms. The van der Waals surface area contributed by atoms with Gasteiger partial charge in [-0.25, -0.2) is 18.0 Å². The predicted molar refractivity (Wildman–Crippen MR) is 103 cm³/mol. The number of nitrogens with one attached hydrogen (secondary N) is 2. The van der Waals surface area contributed by atoms with Crippen molar-refractivity contribution < 1.29 is 27.6 Å². The van der Waals surface area contributed by atoms with Crippen molar-refractivity contribution in [3.05, 3.63) is 65.5 Å². The van der Waals surface area contributed by atoms with Crippen LogP contribution in [0.5, 0.6) is 0 Å². The Morgan fingerprint density at radius 1 is 1.07 bits per heavy atom. The smallest absolute Gasteiger partial charge is 0.320 e. The molecule has 2 aromatic rings. The van der Waals surface area contributed by atoms with Crippen LogP contribution in [-0.2, 0) is 15.1 Å². The first-order chi connectivity index (χ1) is 14.3. The highest BCUT2D eigenvalue weighted by molar-refractivity contribution is 6.10. The first-order valence-electron chi connectivity index (χ1n) is 9.42. The first-order valence-corrected chi connectivity index (χ1v) is 9.42. The zero-order chi connectivity index (χ0) is 21.9. The van der Waals surface area contributed by atoms with Crippen LogP contribution >= 0.6 is 0 Å². The monoisotopic (exact) mass is 419 g/mol. The standard InChI is InChI=1S/C21H20F3N3O3/c1-2-3-11-21(13-7-9-14(22)10-8-13)19(29)27(20(30)26-21)12-17(28)25-18-15(23)5-4-6-16(18)24/h4-10H,2-3,11-12H2,1H3,(H,25,28)(H,26,30)/t21-/m1/s1. The molecular formula is C21H20F3N3O3. The molecule has 0 unspecified atom stereocenters. The van der Waals surface area contributed by atoms with Crippen LogP contribution in [0, 0.1) is 17.5 Å². The van der Waals surface area contributed by atoms with Crippen LogP contribution in [0.1, 0.15) is 31.7 Å². The second kappa shape index (κ2) is 8.56. The molecule has 0 saturated carbocycles. The predicted octanol–water partition coefficient (Wildman–Crippen LogP) is 3.68. The van der Waals surface area contributed by atoms with E-state index in [0.717, 1.165) is 24.6 Å². The number of amides is 4. The number of rotatable bonds is 7. The number of carbonyl (C=O) groups excluding carboxylic acids is 3. The van der Waals surface area contributed by atoms with Crippen molar-refractivity contribution in [2.75, 3.05) is 11.9 Å². The van der Waals surface area contributed by atoms with Crippen molar-refractivity contribution in [1.29, 1.82) is 0 Å². The quantitative estimate of drug-likeness (QED) is 0.672. The molecule has 0 bridgehead atoms. The van der Waals surface area contributed by atoms with Crippen LogP contribution in [0.2, 0.25) is 0 Å². The lowest BCUT2D eigenvalue weighted by Crippen LogP contribution is -2.44. The summed E-state index contributed by atoms with van der Waals surface area (Å²) in [6.07, 6.45) is 1.57. The summed E-state index contributed by atoms with van der Waals surface area (Å²) < 4.78 is 40.8. The van der Waals surface area contributed by atoms with Crippen molar-refractivity contribution in [3.8, 4) is 0 Å². The number of benzene rings is 2. The number of anilines is 1. The normalized spacial score (nSPS) is 18.5. The summed E-state index contributed by atoms with van der Waals surface area (Å²) in [6, 6.07) is 7.43. The average molecular weight is 419 g/mol. The number of hydrogen-bond donors (Lipinski definition) is 2. The summed E-state index contributed by atoms with van der Waals surface area (Å²) in [6.45, 7) is 1.18. The van der Waals surface area contributed by atoms with Gasteiger partial charge in [0.15, 0.2) is 0 Å². The van der Waals surface area contributed by atoms with E-state index in [1.807, 2.05) is 6.92 Å². The molecule has 2 N–H and O–H groups in total. The summed E-state index contributed by atoms with van der Waals surface area (Å²) >= 11 is 0. The van der Waals surface area contributed by atoms with Gasteiger partial charge in [-0.15, -0.1) is 0 Å². The van der Waals surface area contributed by atoms with Crippen LogP contribution in [-0.4, -0.2) is 29.3 Å². The summed E-state index contributed by atoms with van der Waals surface area (Å²) in [4.78, 5) is 38.7. The van der Waals surface area contributed by atoms with Crippen LogP contribution in [0.4, 0.5) is 23.7 Å². The van der Waals surface area contributed by atoms with E-state index in [1.165, 1.54) is 24.3 Å². The SMILES string of the molecule is CCCC[C@]1(c2ccc(F)cc2)NC(=O)N(CC(=O)Nc2c(F)cccc2F)C1=O. The minimum Gasteiger partial charge on any atom is -0.320 e. The highest BCUT2D eigenvalue weighted by Gasteiger charge is 2.52. The molecule has 1 aliphatic rings. The number of unbranched alkanes of at least 4 members (excludes halogenated alkanes) is 1. The lowest BCUT2D eigenvalue weighted by Gasteiger charge is -2.27. The molecule has 0 spiro atoms. The number of imide groups is 1. The van der Waals surface area contributed by atoms with Crippen molar-refractivity contribution in [2.24, 2.45) is 0 Å². The van der Waals surface area contributed by atoms with Crippen LogP contribution in [0.3, 0.4) is 0 Å². The molecule has 1 heterocycles. The van der Waals surface area contributed by atoms with Gasteiger partial charge in [0.05, 0.1) is 0 Å². The van der Waals surface area contributed by atoms with Crippen molar-refractivity contribution in [1.82, 2.24) is 10.2 Å². The number of nitrogens with zero attached hydrogens (tertiary/aromatic N) is 1. The summed E-state index contributed by atoms with van der Waals surface area (Å²) in [5, 5.41) is 4.67. The molecule has 0 radical (unpaired) electrons. The molecular weight excluding hydrogens is 399 g/mol. The molecule has 3 rings (SSSR count). The van der Waals surface area contributed by atoms with Gasteiger partial charge in [0.25, 0.3) is 5.91 Å². The van der Waals surface area contributed by atoms with E-state index >= 15 is 0 Å². The third-order valence-electron chi connectivity index (χ3n) is 4.95. The van der Waals surface area contributed by atoms with E-state index in [-0.39, 0.29) is 6.42 Å². The maximum atomic E-state index is 13.7. The van der Waals surface area contributed by atoms with Crippen LogP contribution < -0.4 is 10.6 Å². The third-order valence-corrected chi connectivity index (χ3v) is 4.95. The van der Waals surface area contributed by atoms with Gasteiger partial charge < -0.3 is 10.6 Å². The molecule has 2 aromatic carbocycles. The minimum absolute atomic E-state index is 0.250. The Morgan fingerprint density at radius 3 is 2.30 bits per heavy atom. The van der Waals surface area contributed by atoms with Crippen molar-refractivity contribution in [2.45, 2.75) is 31.7 Å². The summed E-state index contributed by atoms with van der Waals surface area (Å²) in [5.74, 6) is -4.08. The van der Waals surface area contributed by atoms with Gasteiger partial charge in [0, 0.05) is 0 Å². The number of carbonyl (C=O) groups is 3. The lowest BCUT2D eigenvalue weighted by molar-refractivity contribution is -0.134. The van der Waals surface area contributed by atoms with Gasteiger partial charge in [-0.2, -0.15) is 0 Å². The van der Waals surface area contributed by atoms with Crippen LogP contribution in [0.15, 0.2) is 42.5 Å². The average Bonchev–Trinajstić information content (AvgIpc) is 2.95. The molecule has 1 saturated heterocycles. The molecule has 30 heavy (non-hydrogen) atoms. The second-order valence-corrected chi connectivity index (χ2v) is 6.98. The maximum absolute atomic E-state index is 13.7. The Bertz CT molecular complexity index is 961. The largest absolute Gasteiger partial charge is 0.325 e. The molecule has 158 valence electrons. The number of para-hydroxylation sites is 1. The Hall–Kier alpha value is -3.36. The summed E-state index contributed by atoms with van der Waals surface area (Å²) in [7, 11) is 0. The molecule has 1 aliphatic heterocycles. The van der Waals surface area contributed by atoms with Gasteiger partial charge in [-0.05, 0) is 36.2 Å². The molecule has 1 atom stereocenters. The fourth-order valence-electron chi connectivity index (χ4n) is 3.40. The molecule has 1 fully saturated rings. The van der Waals surface area contributed by atoms with E-state index in [4.69, 9.17) is 0 Å². The highest BCUT2D eigenvalue weighted by atomic mass is 19.1. The van der Waals surface area contributed by atoms with E-state index in [9.17, 15) is 27.6 Å². The Kier molecular flexibility index (Phi) is 6.09. The minimum atomic E-state index is -1.44. The molecule has 0 aliphatic carbocycles. The van der Waals surface area contributed by atoms with Gasteiger partial charge in [-0.3, -0.25) is 14.5 Å². The fraction of sp³-hybridized carbons (Fsp3) is 0.286. The fourth-order valence-corrected chi connectivity index (χ4v) is 3.40. The second-order valence-electron chi connectivity index (χ2n) is 6.98. The van der Waals surface area contributed by atoms with E-state index < -0.39 is 53.1 Å². The van der Waals surface area contributed by atoms with Gasteiger partial charge in [0.1, 0.15) is 35.2 Å². The lowest BCUT2D eigenvalue weighted by atomic mass is 9.85. The Balaban J connectivity index is 1.84. The zero-order valence-electron chi connectivity index (χ0n) is 16.2. The van der Waals surface area contributed by atoms with E-state index in [2.05, 4.69) is 10.6 Å². The molecule has 6 nitrogen and oxygen atoms in total. The van der Waals surface area contributed by atoms with Crippen molar-refractivity contribution in [3.63, 3.8) is 0 Å². The summed E-state index contributed by atoms with van der Waals surface area (Å²) in [5.41, 5.74) is -1.71.